The fourth-order valence-electron chi connectivity index (χ4n) is 9.37. The van der Waals surface area contributed by atoms with E-state index in [0.29, 0.717) is 0 Å². The van der Waals surface area contributed by atoms with Gasteiger partial charge in [-0.1, -0.05) is 182 Å². The van der Waals surface area contributed by atoms with Gasteiger partial charge in [0, 0.05) is 16.6 Å². The summed E-state index contributed by atoms with van der Waals surface area (Å²) in [4.78, 5) is 5.27. The van der Waals surface area contributed by atoms with Gasteiger partial charge in [0.2, 0.25) is 0 Å². The summed E-state index contributed by atoms with van der Waals surface area (Å²) in [7, 11) is 0. The zero-order valence-electron chi connectivity index (χ0n) is 32.2. The van der Waals surface area contributed by atoms with Gasteiger partial charge in [-0.15, -0.1) is 0 Å². The van der Waals surface area contributed by atoms with Crippen LogP contribution in [0.4, 0.5) is 0 Å². The van der Waals surface area contributed by atoms with Crippen molar-refractivity contribution in [2.75, 3.05) is 0 Å². The van der Waals surface area contributed by atoms with Crippen LogP contribution in [-0.4, -0.2) is 9.55 Å². The van der Waals surface area contributed by atoms with Gasteiger partial charge in [-0.05, 0) is 118 Å². The summed E-state index contributed by atoms with van der Waals surface area (Å²) in [6.45, 7) is 0. The van der Waals surface area contributed by atoms with Gasteiger partial charge in [0.05, 0.1) is 11.0 Å². The molecule has 0 unspecified atom stereocenters. The summed E-state index contributed by atoms with van der Waals surface area (Å²) in [6.07, 6.45) is 0. The van der Waals surface area contributed by atoms with Gasteiger partial charge in [-0.3, -0.25) is 4.57 Å². The smallest absolute Gasteiger partial charge is 0.145 e. The Morgan fingerprint density at radius 1 is 0.288 bits per heavy atom. The molecule has 0 bridgehead atoms. The molecule has 0 N–H and O–H groups in total. The van der Waals surface area contributed by atoms with Gasteiger partial charge in [-0.2, -0.15) is 0 Å². The standard InChI is InChI=1S/C57H36N2/c1-2-16-40(17-3-1)57-58-53-32-30-39-15-8-9-22-48(39)56(53)59(57)47-21-12-20-43(35-47)44-29-31-51-52(36-44)55(46-28-26-38-14-5-7-19-42(38)34-46)50-24-11-10-23-49(50)54(51)45-27-25-37-13-4-6-18-41(37)33-45/h1-36H. The Kier molecular flexibility index (Phi) is 7.57. The molecule has 0 amide bonds. The van der Waals surface area contributed by atoms with E-state index in [1.54, 1.807) is 0 Å². The van der Waals surface area contributed by atoms with Crippen LogP contribution in [-0.2, 0) is 0 Å². The number of rotatable bonds is 5. The molecule has 0 radical (unpaired) electrons. The van der Waals surface area contributed by atoms with Crippen LogP contribution < -0.4 is 0 Å². The number of nitrogens with zero attached hydrogens (tertiary/aromatic N) is 2. The lowest BCUT2D eigenvalue weighted by molar-refractivity contribution is 1.11. The maximum Gasteiger partial charge on any atom is 0.145 e. The minimum Gasteiger partial charge on any atom is -0.292 e. The summed E-state index contributed by atoms with van der Waals surface area (Å²) < 4.78 is 2.35. The van der Waals surface area contributed by atoms with Crippen molar-refractivity contribution in [3.8, 4) is 50.5 Å². The molecule has 2 nitrogen and oxygen atoms in total. The molecule has 12 aromatic rings. The molecular formula is C57H36N2. The molecule has 2 heteroatoms. The molecule has 0 spiro atoms. The third kappa shape index (κ3) is 5.45. The van der Waals surface area contributed by atoms with E-state index in [4.69, 9.17) is 4.98 Å². The highest BCUT2D eigenvalue weighted by atomic mass is 15.1. The monoisotopic (exact) mass is 748 g/mol. The second-order valence-corrected chi connectivity index (χ2v) is 15.5. The first-order valence-corrected chi connectivity index (χ1v) is 20.3. The minimum absolute atomic E-state index is 0.928. The fraction of sp³-hybridized carbons (Fsp3) is 0. The van der Waals surface area contributed by atoms with Crippen molar-refractivity contribution in [2.24, 2.45) is 0 Å². The third-order valence-corrected chi connectivity index (χ3v) is 12.1. The highest BCUT2D eigenvalue weighted by molar-refractivity contribution is 6.22. The fourth-order valence-corrected chi connectivity index (χ4v) is 9.37. The molecule has 0 atom stereocenters. The molecule has 0 aliphatic carbocycles. The minimum atomic E-state index is 0.928. The average Bonchev–Trinajstić information content (AvgIpc) is 3.71. The first-order chi connectivity index (χ1) is 29.2. The zero-order valence-corrected chi connectivity index (χ0v) is 32.2. The number of aromatic nitrogens is 2. The van der Waals surface area contributed by atoms with E-state index in [2.05, 4.69) is 223 Å². The number of fused-ring (bicyclic) bond motifs is 7. The molecule has 0 fully saturated rings. The maximum atomic E-state index is 5.27. The van der Waals surface area contributed by atoms with Gasteiger partial charge in [0.1, 0.15) is 5.82 Å². The van der Waals surface area contributed by atoms with Gasteiger partial charge in [0.25, 0.3) is 0 Å². The van der Waals surface area contributed by atoms with Crippen LogP contribution in [0.3, 0.4) is 0 Å². The van der Waals surface area contributed by atoms with Crippen LogP contribution in [0.15, 0.2) is 218 Å². The molecule has 0 saturated heterocycles. The van der Waals surface area contributed by atoms with Crippen molar-refractivity contribution in [3.05, 3.63) is 218 Å². The number of hydrogen-bond donors (Lipinski definition) is 0. The molecule has 1 heterocycles. The van der Waals surface area contributed by atoms with Crippen molar-refractivity contribution >= 4 is 64.9 Å². The largest absolute Gasteiger partial charge is 0.292 e. The second kappa shape index (κ2) is 13.4. The van der Waals surface area contributed by atoms with E-state index >= 15 is 0 Å². The summed E-state index contributed by atoms with van der Waals surface area (Å²) in [5, 5.41) is 12.3. The molecule has 59 heavy (non-hydrogen) atoms. The number of imidazole rings is 1. The predicted octanol–water partition coefficient (Wildman–Crippen LogP) is 15.5. The number of hydrogen-bond acceptors (Lipinski definition) is 1. The molecule has 274 valence electrons. The Morgan fingerprint density at radius 2 is 0.797 bits per heavy atom. The van der Waals surface area contributed by atoms with E-state index in [1.165, 1.54) is 76.1 Å². The highest BCUT2D eigenvalue weighted by Gasteiger charge is 2.20. The van der Waals surface area contributed by atoms with Crippen LogP contribution in [0, 0.1) is 0 Å². The van der Waals surface area contributed by atoms with E-state index in [9.17, 15) is 0 Å². The van der Waals surface area contributed by atoms with Crippen LogP contribution in [0.5, 0.6) is 0 Å². The lowest BCUT2D eigenvalue weighted by atomic mass is 9.84. The van der Waals surface area contributed by atoms with Gasteiger partial charge in [0.15, 0.2) is 0 Å². The topological polar surface area (TPSA) is 17.8 Å². The van der Waals surface area contributed by atoms with E-state index in [1.807, 2.05) is 0 Å². The Labute approximate surface area is 341 Å². The quantitative estimate of drug-likeness (QED) is 0.160. The first-order valence-electron chi connectivity index (χ1n) is 20.3. The highest BCUT2D eigenvalue weighted by Crippen LogP contribution is 2.46. The van der Waals surface area contributed by atoms with Crippen LogP contribution >= 0.6 is 0 Å². The van der Waals surface area contributed by atoms with Crippen LogP contribution in [0.1, 0.15) is 0 Å². The van der Waals surface area contributed by atoms with E-state index in [-0.39, 0.29) is 0 Å². The van der Waals surface area contributed by atoms with Crippen LogP contribution in [0.2, 0.25) is 0 Å². The number of benzene rings is 11. The Bertz CT molecular complexity index is 3610. The first kappa shape index (κ1) is 33.3. The summed E-state index contributed by atoms with van der Waals surface area (Å²) >= 11 is 0. The Morgan fingerprint density at radius 3 is 1.49 bits per heavy atom. The SMILES string of the molecule is c1ccc(-c2nc3ccc4ccccc4c3n2-c2cccc(-c3ccc4c(-c5ccc6ccccc6c5)c5ccccc5c(-c5ccc6ccccc6c5)c4c3)c2)cc1. The van der Waals surface area contributed by atoms with E-state index in [0.717, 1.165) is 39.2 Å². The summed E-state index contributed by atoms with van der Waals surface area (Å²) in [6, 6.07) is 79.6. The van der Waals surface area contributed by atoms with Gasteiger partial charge < -0.3 is 0 Å². The summed E-state index contributed by atoms with van der Waals surface area (Å²) in [5.74, 6) is 0.928. The van der Waals surface area contributed by atoms with Crippen molar-refractivity contribution < 1.29 is 0 Å². The zero-order chi connectivity index (χ0) is 38.9. The Balaban J connectivity index is 1.13. The molecule has 0 saturated carbocycles. The van der Waals surface area contributed by atoms with Crippen molar-refractivity contribution in [2.45, 2.75) is 0 Å². The third-order valence-electron chi connectivity index (χ3n) is 12.1. The van der Waals surface area contributed by atoms with Gasteiger partial charge in [-0.25, -0.2) is 4.98 Å². The molecule has 0 aliphatic rings. The maximum absolute atomic E-state index is 5.27. The molecule has 1 aromatic heterocycles. The normalized spacial score (nSPS) is 11.7. The molecular weight excluding hydrogens is 713 g/mol. The Hall–Kier alpha value is -7.81. The van der Waals surface area contributed by atoms with Gasteiger partial charge >= 0.3 is 0 Å². The predicted molar refractivity (Wildman–Crippen MR) is 250 cm³/mol. The molecule has 12 rings (SSSR count). The molecule has 0 aliphatic heterocycles. The molecule has 11 aromatic carbocycles. The lowest BCUT2D eigenvalue weighted by Crippen LogP contribution is -1.98. The lowest BCUT2D eigenvalue weighted by Gasteiger charge is -2.19. The van der Waals surface area contributed by atoms with Crippen molar-refractivity contribution in [1.29, 1.82) is 0 Å². The average molecular weight is 749 g/mol. The summed E-state index contributed by atoms with van der Waals surface area (Å²) in [5.41, 5.74) is 11.5. The van der Waals surface area contributed by atoms with Crippen molar-refractivity contribution in [1.82, 2.24) is 9.55 Å². The van der Waals surface area contributed by atoms with E-state index < -0.39 is 0 Å². The van der Waals surface area contributed by atoms with Crippen molar-refractivity contribution in [3.63, 3.8) is 0 Å². The second-order valence-electron chi connectivity index (χ2n) is 15.5. The van der Waals surface area contributed by atoms with Crippen LogP contribution in [0.25, 0.3) is 115 Å².